The van der Waals surface area contributed by atoms with Gasteiger partial charge >= 0.3 is 5.97 Å². The summed E-state index contributed by atoms with van der Waals surface area (Å²) in [6.07, 6.45) is 1.42. The van der Waals surface area contributed by atoms with Crippen molar-refractivity contribution < 1.29 is 19.4 Å². The monoisotopic (exact) mass is 231 g/mol. The van der Waals surface area contributed by atoms with E-state index in [-0.39, 0.29) is 18.4 Å². The molecule has 1 amide bonds. The zero-order valence-electron chi connectivity index (χ0n) is 10.4. The molecule has 0 spiro atoms. The van der Waals surface area contributed by atoms with Gasteiger partial charge in [-0.25, -0.2) is 0 Å². The summed E-state index contributed by atoms with van der Waals surface area (Å²) in [6, 6.07) is -0.329. The van der Waals surface area contributed by atoms with Gasteiger partial charge in [0, 0.05) is 13.2 Å². The van der Waals surface area contributed by atoms with Crippen molar-refractivity contribution in [2.24, 2.45) is 0 Å². The molecule has 5 heteroatoms. The normalized spacial score (nSPS) is 13.2. The van der Waals surface area contributed by atoms with Crippen molar-refractivity contribution in [3.05, 3.63) is 0 Å². The lowest BCUT2D eigenvalue weighted by atomic mass is 10.0. The van der Waals surface area contributed by atoms with Gasteiger partial charge in [0.15, 0.2) is 0 Å². The van der Waals surface area contributed by atoms with Crippen LogP contribution in [0.25, 0.3) is 0 Å². The van der Waals surface area contributed by atoms with Crippen molar-refractivity contribution in [3.8, 4) is 0 Å². The highest BCUT2D eigenvalue weighted by molar-refractivity contribution is 5.85. The average Bonchev–Trinajstić information content (AvgIpc) is 2.17. The van der Waals surface area contributed by atoms with Gasteiger partial charge in [0.1, 0.15) is 5.60 Å². The smallest absolute Gasteiger partial charge is 0.305 e. The fourth-order valence-corrected chi connectivity index (χ4v) is 1.24. The maximum Gasteiger partial charge on any atom is 0.305 e. The van der Waals surface area contributed by atoms with Crippen molar-refractivity contribution in [2.75, 3.05) is 7.11 Å². The van der Waals surface area contributed by atoms with Gasteiger partial charge in [-0.1, -0.05) is 13.3 Å². The number of ether oxygens (including phenoxy) is 1. The summed E-state index contributed by atoms with van der Waals surface area (Å²) in [6.45, 7) is 5.24. The van der Waals surface area contributed by atoms with Crippen LogP contribution in [0.4, 0.5) is 0 Å². The van der Waals surface area contributed by atoms with E-state index in [0.29, 0.717) is 6.42 Å². The van der Waals surface area contributed by atoms with E-state index in [0.717, 1.165) is 6.42 Å². The molecular formula is C11H21NO4. The molecule has 0 fully saturated rings. The molecule has 1 unspecified atom stereocenters. The molecule has 0 saturated carbocycles. The Morgan fingerprint density at radius 3 is 2.38 bits per heavy atom. The van der Waals surface area contributed by atoms with Crippen LogP contribution in [0, 0.1) is 0 Å². The second-order valence-electron chi connectivity index (χ2n) is 4.27. The minimum absolute atomic E-state index is 0.0562. The molecule has 0 aliphatic heterocycles. The quantitative estimate of drug-likeness (QED) is 0.689. The minimum Gasteiger partial charge on any atom is -0.481 e. The van der Waals surface area contributed by atoms with Crippen molar-refractivity contribution in [1.29, 1.82) is 0 Å². The molecule has 0 radical (unpaired) electrons. The minimum atomic E-state index is -0.926. The van der Waals surface area contributed by atoms with Gasteiger partial charge in [0.05, 0.1) is 6.42 Å². The first-order valence-corrected chi connectivity index (χ1v) is 5.41. The van der Waals surface area contributed by atoms with Gasteiger partial charge < -0.3 is 15.2 Å². The Morgan fingerprint density at radius 1 is 1.44 bits per heavy atom. The lowest BCUT2D eigenvalue weighted by Gasteiger charge is -2.25. The van der Waals surface area contributed by atoms with Gasteiger partial charge in [-0.3, -0.25) is 9.59 Å². The first kappa shape index (κ1) is 14.9. The SMILES string of the molecule is CCCC(CC(=O)O)NC(=O)C(C)(C)OC. The van der Waals surface area contributed by atoms with Crippen LogP contribution in [-0.2, 0) is 14.3 Å². The number of nitrogens with one attached hydrogen (secondary N) is 1. The number of hydrogen-bond donors (Lipinski definition) is 2. The Bertz CT molecular complexity index is 250. The zero-order valence-corrected chi connectivity index (χ0v) is 10.4. The van der Waals surface area contributed by atoms with Crippen LogP contribution in [0.1, 0.15) is 40.0 Å². The van der Waals surface area contributed by atoms with Crippen LogP contribution < -0.4 is 5.32 Å². The van der Waals surface area contributed by atoms with E-state index in [4.69, 9.17) is 9.84 Å². The third-order valence-corrected chi connectivity index (χ3v) is 2.45. The Labute approximate surface area is 96.2 Å². The number of methoxy groups -OCH3 is 1. The molecular weight excluding hydrogens is 210 g/mol. The predicted molar refractivity (Wildman–Crippen MR) is 60.2 cm³/mol. The number of aliphatic carboxylic acids is 1. The summed E-state index contributed by atoms with van der Waals surface area (Å²) in [5.41, 5.74) is -0.926. The van der Waals surface area contributed by atoms with Crippen molar-refractivity contribution >= 4 is 11.9 Å². The topological polar surface area (TPSA) is 75.6 Å². The first-order chi connectivity index (χ1) is 7.33. The molecule has 0 aromatic carbocycles. The number of amides is 1. The van der Waals surface area contributed by atoms with Crippen LogP contribution in [-0.4, -0.2) is 35.7 Å². The number of carboxylic acid groups (broad SMARTS) is 1. The van der Waals surface area contributed by atoms with Crippen LogP contribution in [0.2, 0.25) is 0 Å². The Kier molecular flexibility index (Phi) is 6.03. The first-order valence-electron chi connectivity index (χ1n) is 5.41. The number of carbonyl (C=O) groups is 2. The fourth-order valence-electron chi connectivity index (χ4n) is 1.24. The fraction of sp³-hybridized carbons (Fsp3) is 0.818. The van der Waals surface area contributed by atoms with E-state index in [1.807, 2.05) is 6.92 Å². The Morgan fingerprint density at radius 2 is 2.00 bits per heavy atom. The van der Waals surface area contributed by atoms with Crippen LogP contribution in [0.3, 0.4) is 0 Å². The van der Waals surface area contributed by atoms with Gasteiger partial charge in [-0.05, 0) is 20.3 Å². The average molecular weight is 231 g/mol. The van der Waals surface area contributed by atoms with Crippen molar-refractivity contribution in [3.63, 3.8) is 0 Å². The number of carbonyl (C=O) groups excluding carboxylic acids is 1. The maximum atomic E-state index is 11.7. The lowest BCUT2D eigenvalue weighted by Crippen LogP contribution is -2.48. The number of carboxylic acids is 1. The lowest BCUT2D eigenvalue weighted by molar-refractivity contribution is -0.141. The van der Waals surface area contributed by atoms with E-state index in [9.17, 15) is 9.59 Å². The molecule has 0 bridgehead atoms. The van der Waals surface area contributed by atoms with E-state index >= 15 is 0 Å². The Hall–Kier alpha value is -1.10. The van der Waals surface area contributed by atoms with E-state index in [1.54, 1.807) is 13.8 Å². The van der Waals surface area contributed by atoms with Crippen molar-refractivity contribution in [1.82, 2.24) is 5.32 Å². The summed E-state index contributed by atoms with van der Waals surface area (Å²) in [7, 11) is 1.45. The predicted octanol–water partition coefficient (Wildman–Crippen LogP) is 1.17. The van der Waals surface area contributed by atoms with Crippen LogP contribution in [0.15, 0.2) is 0 Å². The van der Waals surface area contributed by atoms with Gasteiger partial charge in [0.2, 0.25) is 0 Å². The van der Waals surface area contributed by atoms with Crippen molar-refractivity contribution in [2.45, 2.75) is 51.7 Å². The molecule has 0 aromatic heterocycles. The van der Waals surface area contributed by atoms with Gasteiger partial charge in [-0.2, -0.15) is 0 Å². The van der Waals surface area contributed by atoms with E-state index in [1.165, 1.54) is 7.11 Å². The summed E-state index contributed by atoms with van der Waals surface area (Å²) in [5, 5.41) is 11.4. The number of hydrogen-bond acceptors (Lipinski definition) is 3. The van der Waals surface area contributed by atoms with Crippen LogP contribution >= 0.6 is 0 Å². The number of rotatable bonds is 7. The molecule has 0 aliphatic rings. The highest BCUT2D eigenvalue weighted by atomic mass is 16.5. The van der Waals surface area contributed by atoms with Crippen LogP contribution in [0.5, 0.6) is 0 Å². The second-order valence-corrected chi connectivity index (χ2v) is 4.27. The molecule has 2 N–H and O–H groups in total. The molecule has 94 valence electrons. The summed E-state index contributed by atoms with van der Waals surface area (Å²) in [5.74, 6) is -1.19. The molecule has 0 saturated heterocycles. The summed E-state index contributed by atoms with van der Waals surface area (Å²) < 4.78 is 5.02. The molecule has 0 heterocycles. The molecule has 0 aromatic rings. The molecule has 5 nitrogen and oxygen atoms in total. The summed E-state index contributed by atoms with van der Waals surface area (Å²) >= 11 is 0. The third-order valence-electron chi connectivity index (χ3n) is 2.45. The second kappa shape index (κ2) is 6.48. The largest absolute Gasteiger partial charge is 0.481 e. The standard InChI is InChI=1S/C11H21NO4/c1-5-6-8(7-9(13)14)12-10(15)11(2,3)16-4/h8H,5-7H2,1-4H3,(H,12,15)(H,13,14). The van der Waals surface area contributed by atoms with Gasteiger partial charge in [0.25, 0.3) is 5.91 Å². The van der Waals surface area contributed by atoms with E-state index in [2.05, 4.69) is 5.32 Å². The highest BCUT2D eigenvalue weighted by Crippen LogP contribution is 2.10. The summed E-state index contributed by atoms with van der Waals surface area (Å²) in [4.78, 5) is 22.3. The third kappa shape index (κ3) is 5.11. The Balaban J connectivity index is 4.39. The molecule has 16 heavy (non-hydrogen) atoms. The van der Waals surface area contributed by atoms with Gasteiger partial charge in [-0.15, -0.1) is 0 Å². The zero-order chi connectivity index (χ0) is 12.8. The van der Waals surface area contributed by atoms with E-state index < -0.39 is 11.6 Å². The maximum absolute atomic E-state index is 11.7. The molecule has 0 rings (SSSR count). The molecule has 0 aliphatic carbocycles. The molecule has 1 atom stereocenters. The highest BCUT2D eigenvalue weighted by Gasteiger charge is 2.29.